The predicted octanol–water partition coefficient (Wildman–Crippen LogP) is 5.30. The smallest absolute Gasteiger partial charge is 0.167 e. The first-order chi connectivity index (χ1) is 10.6. The molecule has 0 aromatic heterocycles. The lowest BCUT2D eigenvalue weighted by Gasteiger charge is -2.19. The SMILES string of the molecule is CCCCCCCNCc1c(Br)ccc(OC)c1OC(C)C. The Morgan fingerprint density at radius 3 is 2.50 bits per heavy atom. The number of ether oxygens (including phenoxy) is 2. The second-order valence-electron chi connectivity index (χ2n) is 5.81. The van der Waals surface area contributed by atoms with Crippen molar-refractivity contribution >= 4 is 15.9 Å². The number of hydrogen-bond acceptors (Lipinski definition) is 3. The van der Waals surface area contributed by atoms with Gasteiger partial charge in [-0.25, -0.2) is 0 Å². The third-order valence-electron chi connectivity index (χ3n) is 3.50. The van der Waals surface area contributed by atoms with Crippen LogP contribution < -0.4 is 14.8 Å². The molecule has 1 rings (SSSR count). The van der Waals surface area contributed by atoms with Crippen LogP contribution in [0.2, 0.25) is 0 Å². The zero-order valence-electron chi connectivity index (χ0n) is 14.4. The minimum Gasteiger partial charge on any atom is -0.493 e. The van der Waals surface area contributed by atoms with Gasteiger partial charge >= 0.3 is 0 Å². The summed E-state index contributed by atoms with van der Waals surface area (Å²) in [6, 6.07) is 3.96. The van der Waals surface area contributed by atoms with Crippen LogP contribution in [0.5, 0.6) is 11.5 Å². The maximum Gasteiger partial charge on any atom is 0.167 e. The fraction of sp³-hybridized carbons (Fsp3) is 0.667. The Balaban J connectivity index is 2.60. The molecule has 0 saturated carbocycles. The van der Waals surface area contributed by atoms with E-state index in [1.165, 1.54) is 32.1 Å². The van der Waals surface area contributed by atoms with Gasteiger partial charge in [0.15, 0.2) is 11.5 Å². The molecule has 0 fully saturated rings. The molecule has 3 nitrogen and oxygen atoms in total. The van der Waals surface area contributed by atoms with Crippen LogP contribution >= 0.6 is 15.9 Å². The molecule has 1 aromatic rings. The summed E-state index contributed by atoms with van der Waals surface area (Å²) in [6.45, 7) is 8.13. The lowest BCUT2D eigenvalue weighted by molar-refractivity contribution is 0.227. The van der Waals surface area contributed by atoms with Gasteiger partial charge in [-0.3, -0.25) is 0 Å². The van der Waals surface area contributed by atoms with Crippen LogP contribution in [0.25, 0.3) is 0 Å². The van der Waals surface area contributed by atoms with Gasteiger partial charge < -0.3 is 14.8 Å². The molecule has 0 aliphatic rings. The van der Waals surface area contributed by atoms with Crippen molar-refractivity contribution in [2.75, 3.05) is 13.7 Å². The summed E-state index contributed by atoms with van der Waals surface area (Å²) in [5, 5.41) is 3.52. The normalized spacial score (nSPS) is 11.0. The van der Waals surface area contributed by atoms with Crippen molar-refractivity contribution in [2.24, 2.45) is 0 Å². The van der Waals surface area contributed by atoms with E-state index in [2.05, 4.69) is 28.2 Å². The Morgan fingerprint density at radius 2 is 1.86 bits per heavy atom. The van der Waals surface area contributed by atoms with Crippen molar-refractivity contribution in [3.63, 3.8) is 0 Å². The van der Waals surface area contributed by atoms with E-state index in [0.717, 1.165) is 34.6 Å². The summed E-state index contributed by atoms with van der Waals surface area (Å²) in [6.07, 6.45) is 6.62. The minimum absolute atomic E-state index is 0.121. The number of unbranched alkanes of at least 4 members (excludes halogenated alkanes) is 4. The fourth-order valence-corrected chi connectivity index (χ4v) is 2.79. The monoisotopic (exact) mass is 371 g/mol. The van der Waals surface area contributed by atoms with Gasteiger partial charge in [0.05, 0.1) is 13.2 Å². The quantitative estimate of drug-likeness (QED) is 0.535. The minimum atomic E-state index is 0.121. The second-order valence-corrected chi connectivity index (χ2v) is 6.67. The van der Waals surface area contributed by atoms with E-state index < -0.39 is 0 Å². The summed E-state index contributed by atoms with van der Waals surface area (Å²) in [5.41, 5.74) is 1.13. The predicted molar refractivity (Wildman–Crippen MR) is 96.9 cm³/mol. The molecule has 0 aliphatic heterocycles. The van der Waals surface area contributed by atoms with Crippen molar-refractivity contribution in [1.29, 1.82) is 0 Å². The van der Waals surface area contributed by atoms with Crippen LogP contribution in [0, 0.1) is 0 Å². The summed E-state index contributed by atoms with van der Waals surface area (Å²) in [5.74, 6) is 1.63. The van der Waals surface area contributed by atoms with Crippen LogP contribution in [0.3, 0.4) is 0 Å². The lowest BCUT2D eigenvalue weighted by Crippen LogP contribution is -2.17. The number of benzene rings is 1. The number of halogens is 1. The van der Waals surface area contributed by atoms with Gasteiger partial charge in [0.25, 0.3) is 0 Å². The van der Waals surface area contributed by atoms with E-state index in [4.69, 9.17) is 9.47 Å². The first-order valence-corrected chi connectivity index (χ1v) is 9.12. The van der Waals surface area contributed by atoms with E-state index in [0.29, 0.717) is 0 Å². The van der Waals surface area contributed by atoms with Gasteiger partial charge in [-0.2, -0.15) is 0 Å². The highest BCUT2D eigenvalue weighted by Gasteiger charge is 2.15. The molecule has 0 saturated heterocycles. The molecule has 4 heteroatoms. The van der Waals surface area contributed by atoms with Gasteiger partial charge in [0.2, 0.25) is 0 Å². The molecule has 0 amide bonds. The number of hydrogen-bond donors (Lipinski definition) is 1. The summed E-state index contributed by atoms with van der Waals surface area (Å²) in [4.78, 5) is 0. The van der Waals surface area contributed by atoms with Crippen molar-refractivity contribution in [3.05, 3.63) is 22.2 Å². The highest BCUT2D eigenvalue weighted by Crippen LogP contribution is 2.36. The average Bonchev–Trinajstić information content (AvgIpc) is 2.48. The maximum atomic E-state index is 5.96. The Bertz CT molecular complexity index is 435. The topological polar surface area (TPSA) is 30.5 Å². The Kier molecular flexibility index (Phi) is 9.56. The average molecular weight is 372 g/mol. The van der Waals surface area contributed by atoms with Crippen molar-refractivity contribution in [2.45, 2.75) is 65.5 Å². The van der Waals surface area contributed by atoms with Crippen molar-refractivity contribution < 1.29 is 9.47 Å². The summed E-state index contributed by atoms with van der Waals surface area (Å²) >= 11 is 3.63. The Hall–Kier alpha value is -0.740. The molecule has 1 aromatic carbocycles. The van der Waals surface area contributed by atoms with Gasteiger partial charge in [0, 0.05) is 16.6 Å². The van der Waals surface area contributed by atoms with Crippen LogP contribution in [0.1, 0.15) is 58.4 Å². The Morgan fingerprint density at radius 1 is 1.14 bits per heavy atom. The van der Waals surface area contributed by atoms with E-state index in [1.54, 1.807) is 7.11 Å². The first-order valence-electron chi connectivity index (χ1n) is 8.32. The Labute approximate surface area is 143 Å². The van der Waals surface area contributed by atoms with Crippen LogP contribution in [0.15, 0.2) is 16.6 Å². The van der Waals surface area contributed by atoms with Crippen LogP contribution in [-0.2, 0) is 6.54 Å². The summed E-state index contributed by atoms with van der Waals surface area (Å²) < 4.78 is 12.5. The molecule has 22 heavy (non-hydrogen) atoms. The van der Waals surface area contributed by atoms with E-state index in [-0.39, 0.29) is 6.10 Å². The third kappa shape index (κ3) is 6.57. The van der Waals surface area contributed by atoms with E-state index >= 15 is 0 Å². The fourth-order valence-electron chi connectivity index (χ4n) is 2.34. The molecular weight excluding hydrogens is 342 g/mol. The van der Waals surface area contributed by atoms with E-state index in [9.17, 15) is 0 Å². The van der Waals surface area contributed by atoms with Crippen LogP contribution in [0.4, 0.5) is 0 Å². The van der Waals surface area contributed by atoms with Gasteiger partial charge in [-0.15, -0.1) is 0 Å². The van der Waals surface area contributed by atoms with Crippen molar-refractivity contribution in [1.82, 2.24) is 5.32 Å². The molecule has 0 heterocycles. The summed E-state index contributed by atoms with van der Waals surface area (Å²) in [7, 11) is 1.68. The maximum absolute atomic E-state index is 5.96. The number of rotatable bonds is 11. The highest BCUT2D eigenvalue weighted by molar-refractivity contribution is 9.10. The lowest BCUT2D eigenvalue weighted by atomic mass is 10.1. The molecule has 0 aliphatic carbocycles. The number of nitrogens with one attached hydrogen (secondary N) is 1. The zero-order valence-corrected chi connectivity index (χ0v) is 16.0. The molecule has 0 spiro atoms. The molecule has 126 valence electrons. The molecular formula is C18H30BrNO2. The molecule has 0 radical (unpaired) electrons. The van der Waals surface area contributed by atoms with Gasteiger partial charge in [0.1, 0.15) is 0 Å². The highest BCUT2D eigenvalue weighted by atomic mass is 79.9. The number of methoxy groups -OCH3 is 1. The van der Waals surface area contributed by atoms with Crippen LogP contribution in [-0.4, -0.2) is 19.8 Å². The van der Waals surface area contributed by atoms with Gasteiger partial charge in [-0.05, 0) is 38.9 Å². The van der Waals surface area contributed by atoms with Crippen molar-refractivity contribution in [3.8, 4) is 11.5 Å². The zero-order chi connectivity index (χ0) is 16.4. The second kappa shape index (κ2) is 10.9. The standard InChI is InChI=1S/C18H30BrNO2/c1-5-6-7-8-9-12-20-13-15-16(19)10-11-17(21-4)18(15)22-14(2)3/h10-11,14,20H,5-9,12-13H2,1-4H3. The molecule has 0 bridgehead atoms. The molecule has 1 N–H and O–H groups in total. The molecule has 0 unspecified atom stereocenters. The van der Waals surface area contributed by atoms with E-state index in [1.807, 2.05) is 26.0 Å². The first kappa shape index (κ1) is 19.3. The largest absolute Gasteiger partial charge is 0.493 e. The third-order valence-corrected chi connectivity index (χ3v) is 4.24. The molecule has 0 atom stereocenters. The van der Waals surface area contributed by atoms with Gasteiger partial charge in [-0.1, -0.05) is 48.5 Å².